The largest absolute Gasteiger partial charge is 0.389 e. The highest BCUT2D eigenvalue weighted by molar-refractivity contribution is 4.92. The van der Waals surface area contributed by atoms with Crippen molar-refractivity contribution in [2.75, 3.05) is 0 Å². The van der Waals surface area contributed by atoms with E-state index in [9.17, 15) is 26.3 Å². The lowest BCUT2D eigenvalue weighted by molar-refractivity contribution is -0.144. The Morgan fingerprint density at radius 1 is 0.426 bits per heavy atom. The molecule has 0 aromatic carbocycles. The molecule has 2 spiro atoms. The van der Waals surface area contributed by atoms with Gasteiger partial charge in [-0.25, -0.2) is 0 Å². The van der Waals surface area contributed by atoms with Gasteiger partial charge in [0.15, 0.2) is 0 Å². The standard InChI is InChI=1S/C14H26.C11H20.C7H14.2C6H11F3.C6H12.C6H14.3C5H12.3C4H10.C3H8.C2H6/c1-12-4-6-14(7-5-12)10-8-13(2,3)9-11-14;1-10-4-8-11(9-5-10)6-2-3-7-11;1-7-5-3-2-4-6-7;2*1-3-5(2)4-6(7,8)9;1-6-4-2-3-5-6;1-5-6(2,3)4;2*1-5(2,3)4;1-4-5(2)3;1-4(2)3;2*1-3-4-2;1-3-2;1-2/h12H,4-11H2,1-3H3;10H,2-9H2,1H3;7H,2-6H2,1H3;2*5H,3-4H2,1-2H3;6H,2-5H2,1H3;5H2,1-4H3;2*1-4H3;5H,4H2,1-3H3;4H,1-3H3;2*3-4H2,1-2H3;3H2,1-2H3;1-2H3/t;;;2*5-;;;;;;;;;;/m...00........../s1/i;;7D;;;6D;5D2;1D3;;4D2;;3D2;;;. The molecule has 0 N–H and O–H groups in total. The predicted molar refractivity (Wildman–Crippen MR) is 425 cm³/mol. The quantitative estimate of drug-likeness (QED) is 0.223. The Morgan fingerprint density at radius 3 is 0.809 bits per heavy atom. The third-order valence-electron chi connectivity index (χ3n) is 16.9. The van der Waals surface area contributed by atoms with Crippen LogP contribution < -0.4 is 0 Å². The Kier molecular flexibility index (Phi) is 62.7. The minimum absolute atomic E-state index is 0.0556. The summed E-state index contributed by atoms with van der Waals surface area (Å²) in [6.07, 6.45) is 28.7. The number of hydrogen-bond donors (Lipinski definition) is 0. The van der Waals surface area contributed by atoms with Gasteiger partial charge in [-0.1, -0.05) is 403 Å². The first kappa shape index (κ1) is 87.8. The van der Waals surface area contributed by atoms with E-state index in [1.807, 2.05) is 69.2 Å². The maximum atomic E-state index is 11.5. The summed E-state index contributed by atoms with van der Waals surface area (Å²) in [4.78, 5) is 0. The maximum Gasteiger partial charge on any atom is 0.389 e. The number of rotatable bonds is 7. The van der Waals surface area contributed by atoms with E-state index in [1.165, 1.54) is 128 Å². The van der Waals surface area contributed by atoms with Crippen LogP contribution in [0, 0.1) is 79.8 Å². The van der Waals surface area contributed by atoms with Gasteiger partial charge in [-0.05, 0) is 144 Å². The summed E-state index contributed by atoms with van der Waals surface area (Å²) in [6.45, 7) is 67.8. The van der Waals surface area contributed by atoms with Crippen LogP contribution in [0.2, 0.25) is 0 Å². The second-order valence-electron chi connectivity index (χ2n) is 34.4. The molecule has 0 amide bonds. The average molecular weight is 1370 g/mol. The molecular weight excluding hydrogens is 1170 g/mol. The molecule has 0 saturated heterocycles. The lowest BCUT2D eigenvalue weighted by atomic mass is 9.59. The summed E-state index contributed by atoms with van der Waals surface area (Å²) in [5.74, 6) is 2.41. The van der Waals surface area contributed by atoms with Crippen molar-refractivity contribution >= 4 is 0 Å². The van der Waals surface area contributed by atoms with Gasteiger partial charge in [-0.3, -0.25) is 0 Å². The monoisotopic (exact) mass is 1370 g/mol. The molecule has 6 saturated carbocycles. The van der Waals surface area contributed by atoms with Crippen molar-refractivity contribution in [2.24, 2.45) is 79.8 Å². The SMILES string of the molecule is CC.CC(C)(C)C.CC(C)C.CC1CCC2(CC1)CCC(C)(C)CC2.CC1CCC2(CCCC2)CC1.CCC.CCCC.CC[C@H](C)CC(F)(F)F.CC[C@H](C)CC(F)(F)F.[2H]C([2H])(C)C(C)(C)C.[2H]C([2H])(C)C(C)C.[2H]C([2H])(C)CC.[2H]C([2H])([2H])C(C)(C)C.[2H]C1(C)CCCC1.[2H]C1(C)CCCCC1. The zero-order valence-corrected chi connectivity index (χ0v) is 71.1. The van der Waals surface area contributed by atoms with E-state index in [0.717, 1.165) is 54.3 Å². The molecule has 6 aliphatic carbocycles. The summed E-state index contributed by atoms with van der Waals surface area (Å²) in [7, 11) is 0. The molecule has 6 fully saturated rings. The second-order valence-corrected chi connectivity index (χ2v) is 34.4. The first-order chi connectivity index (χ1) is 46.7. The smallest absolute Gasteiger partial charge is 0.171 e. The van der Waals surface area contributed by atoms with E-state index >= 15 is 0 Å². The minimum Gasteiger partial charge on any atom is -0.171 e. The van der Waals surface area contributed by atoms with Gasteiger partial charge in [0.05, 0.1) is 0 Å². The van der Waals surface area contributed by atoms with Crippen molar-refractivity contribution in [1.82, 2.24) is 0 Å². The summed E-state index contributed by atoms with van der Waals surface area (Å²) in [5, 5.41) is 0. The summed E-state index contributed by atoms with van der Waals surface area (Å²) in [5.41, 5.74) is 2.00. The first-order valence-corrected chi connectivity index (χ1v) is 39.3. The van der Waals surface area contributed by atoms with Crippen LogP contribution in [0.15, 0.2) is 0 Å². The van der Waals surface area contributed by atoms with Crippen molar-refractivity contribution < 1.29 is 41.4 Å². The zero-order chi connectivity index (χ0) is 85.8. The molecule has 6 heteroatoms. The van der Waals surface area contributed by atoms with Crippen LogP contribution in [0.3, 0.4) is 0 Å². The topological polar surface area (TPSA) is 0 Å². The number of alkyl halides is 6. The van der Waals surface area contributed by atoms with Gasteiger partial charge in [0, 0.05) is 27.9 Å². The van der Waals surface area contributed by atoms with Gasteiger partial charge in [-0.15, -0.1) is 0 Å². The van der Waals surface area contributed by atoms with Gasteiger partial charge in [0.1, 0.15) is 0 Å². The van der Waals surface area contributed by atoms with E-state index in [4.69, 9.17) is 15.1 Å². The summed E-state index contributed by atoms with van der Waals surface area (Å²) in [6, 6.07) is 0. The molecule has 0 radical (unpaired) electrons. The Labute approximate surface area is 611 Å². The molecule has 6 rings (SSSR count). The fraction of sp³-hybridized carbons (Fsp3) is 1.00. The molecule has 94 heavy (non-hydrogen) atoms. The molecule has 0 aliphatic heterocycles. The fourth-order valence-electron chi connectivity index (χ4n) is 9.54. The first-order valence-electron chi connectivity index (χ1n) is 44.8. The molecule has 0 aromatic rings. The van der Waals surface area contributed by atoms with Gasteiger partial charge in [-0.2, -0.15) is 26.3 Å². The van der Waals surface area contributed by atoms with E-state index in [1.54, 1.807) is 94.9 Å². The van der Waals surface area contributed by atoms with Gasteiger partial charge < -0.3 is 0 Å². The molecule has 0 unspecified atom stereocenters. The van der Waals surface area contributed by atoms with Crippen LogP contribution in [0.4, 0.5) is 26.3 Å². The van der Waals surface area contributed by atoms with E-state index in [0.29, 0.717) is 30.1 Å². The highest BCUT2D eigenvalue weighted by Gasteiger charge is 2.40. The van der Waals surface area contributed by atoms with Gasteiger partial charge in [0.25, 0.3) is 0 Å². The van der Waals surface area contributed by atoms with Crippen LogP contribution in [0.25, 0.3) is 0 Å². The van der Waals surface area contributed by atoms with Crippen LogP contribution in [-0.2, 0) is 0 Å². The van der Waals surface area contributed by atoms with Gasteiger partial charge in [0.2, 0.25) is 0 Å². The molecule has 0 heterocycles. The molecule has 582 valence electrons. The zero-order valence-electron chi connectivity index (χ0n) is 82.1. The van der Waals surface area contributed by atoms with Crippen molar-refractivity contribution in [2.45, 2.75) is 493 Å². The summed E-state index contributed by atoms with van der Waals surface area (Å²) >= 11 is 0. The normalized spacial score (nSPS) is 21.8. The highest BCUT2D eigenvalue weighted by atomic mass is 19.4. The van der Waals surface area contributed by atoms with E-state index in [-0.39, 0.29) is 35.0 Å². The predicted octanol–water partition coefficient (Wildman–Crippen LogP) is 35.6. The van der Waals surface area contributed by atoms with Crippen LogP contribution in [-0.4, -0.2) is 12.4 Å². The van der Waals surface area contributed by atoms with Crippen LogP contribution in [0.1, 0.15) is 495 Å². The number of halogens is 6. The van der Waals surface area contributed by atoms with E-state index < -0.39 is 56.6 Å². The minimum atomic E-state index is -3.98. The lowest BCUT2D eigenvalue weighted by Crippen LogP contribution is -2.34. The Bertz CT molecular complexity index is 1750. The summed E-state index contributed by atoms with van der Waals surface area (Å²) < 4.78 is 147. The number of unbranched alkanes of at least 4 members (excludes halogenated alkanes) is 1. The molecular formula is C88H188F6. The van der Waals surface area contributed by atoms with Crippen molar-refractivity contribution in [3.05, 3.63) is 0 Å². The van der Waals surface area contributed by atoms with Crippen molar-refractivity contribution in [3.8, 4) is 0 Å². The van der Waals surface area contributed by atoms with E-state index in [2.05, 4.69) is 104 Å². The van der Waals surface area contributed by atoms with Crippen LogP contribution in [0.5, 0.6) is 0 Å². The molecule has 0 nitrogen and oxygen atoms in total. The lowest BCUT2D eigenvalue weighted by Gasteiger charge is -2.47. The molecule has 6 aliphatic rings. The Balaban J connectivity index is -0.000000137. The Morgan fingerprint density at radius 2 is 0.660 bits per heavy atom. The number of hydrogen-bond acceptors (Lipinski definition) is 0. The average Bonchev–Trinajstić information content (AvgIpc) is 1.45. The maximum absolute atomic E-state index is 11.5. The second kappa shape index (κ2) is 67.1. The third-order valence-corrected chi connectivity index (χ3v) is 16.9. The van der Waals surface area contributed by atoms with Crippen molar-refractivity contribution in [3.63, 3.8) is 0 Å². The molecule has 2 atom stereocenters. The molecule has 0 bridgehead atoms. The molecule has 0 aromatic heterocycles. The Hall–Kier alpha value is -0.420. The highest BCUT2D eigenvalue weighted by Crippen LogP contribution is 2.53. The van der Waals surface area contributed by atoms with Gasteiger partial charge >= 0.3 is 12.4 Å². The van der Waals surface area contributed by atoms with Crippen LogP contribution >= 0.6 is 0 Å². The third kappa shape index (κ3) is 110. The van der Waals surface area contributed by atoms with Crippen molar-refractivity contribution in [1.29, 1.82) is 0 Å². The fourth-order valence-corrected chi connectivity index (χ4v) is 9.54.